The van der Waals surface area contributed by atoms with Gasteiger partial charge in [0, 0.05) is 18.8 Å². The van der Waals surface area contributed by atoms with Gasteiger partial charge >= 0.3 is 0 Å². The van der Waals surface area contributed by atoms with Crippen molar-refractivity contribution in [1.29, 1.82) is 5.26 Å². The normalized spacial score (nSPS) is 11.9. The van der Waals surface area contributed by atoms with Crippen molar-refractivity contribution in [2.75, 3.05) is 11.4 Å². The number of hydrogen-bond acceptors (Lipinski definition) is 3. The van der Waals surface area contributed by atoms with E-state index in [0.717, 1.165) is 31.6 Å². The van der Waals surface area contributed by atoms with Crippen LogP contribution in [0.5, 0.6) is 0 Å². The Balaban J connectivity index is 2.99. The fourth-order valence-corrected chi connectivity index (χ4v) is 1.80. The first-order valence-electron chi connectivity index (χ1n) is 6.36. The molecule has 1 rings (SSSR count). The number of rotatable bonds is 6. The highest BCUT2D eigenvalue weighted by Crippen LogP contribution is 2.20. The second-order valence-electron chi connectivity index (χ2n) is 4.29. The minimum Gasteiger partial charge on any atom is -0.353 e. The minimum absolute atomic E-state index is 0.420. The molecule has 1 unspecified atom stereocenters. The molecule has 0 aliphatic heterocycles. The highest BCUT2D eigenvalue weighted by molar-refractivity contribution is 5.54. The van der Waals surface area contributed by atoms with E-state index in [1.165, 1.54) is 0 Å². The number of unbranched alkanes of at least 4 members (excludes halogenated alkanes) is 1. The predicted octanol–water partition coefficient (Wildman–Crippen LogP) is 3.36. The van der Waals surface area contributed by atoms with Gasteiger partial charge in [0.2, 0.25) is 0 Å². The van der Waals surface area contributed by atoms with Gasteiger partial charge in [-0.25, -0.2) is 4.98 Å². The second kappa shape index (κ2) is 6.90. The van der Waals surface area contributed by atoms with Gasteiger partial charge in [-0.1, -0.05) is 20.3 Å². The zero-order valence-electron chi connectivity index (χ0n) is 11.0. The SMILES string of the molecule is CCCCN(c1ncccc1C#N)C(C)CC. The molecule has 3 nitrogen and oxygen atoms in total. The Morgan fingerprint density at radius 2 is 2.24 bits per heavy atom. The molecule has 0 amide bonds. The molecule has 0 aromatic carbocycles. The van der Waals surface area contributed by atoms with Crippen LogP contribution in [0, 0.1) is 11.3 Å². The summed E-state index contributed by atoms with van der Waals surface area (Å²) in [6, 6.07) is 6.30. The molecule has 0 saturated heterocycles. The summed E-state index contributed by atoms with van der Waals surface area (Å²) in [5, 5.41) is 9.13. The minimum atomic E-state index is 0.420. The van der Waals surface area contributed by atoms with Crippen LogP contribution in [0.25, 0.3) is 0 Å². The third-order valence-electron chi connectivity index (χ3n) is 3.05. The molecular weight excluding hydrogens is 210 g/mol. The molecule has 0 radical (unpaired) electrons. The lowest BCUT2D eigenvalue weighted by molar-refractivity contribution is 0.589. The Labute approximate surface area is 104 Å². The fourth-order valence-electron chi connectivity index (χ4n) is 1.80. The van der Waals surface area contributed by atoms with Crippen LogP contribution < -0.4 is 4.90 Å². The van der Waals surface area contributed by atoms with Gasteiger partial charge in [0.25, 0.3) is 0 Å². The van der Waals surface area contributed by atoms with Crippen molar-refractivity contribution in [1.82, 2.24) is 4.98 Å². The monoisotopic (exact) mass is 231 g/mol. The van der Waals surface area contributed by atoms with Crippen LogP contribution in [0.4, 0.5) is 5.82 Å². The van der Waals surface area contributed by atoms with Crippen molar-refractivity contribution in [3.63, 3.8) is 0 Å². The van der Waals surface area contributed by atoms with Crippen LogP contribution in [-0.4, -0.2) is 17.6 Å². The lowest BCUT2D eigenvalue weighted by Gasteiger charge is -2.30. The summed E-state index contributed by atoms with van der Waals surface area (Å²) in [4.78, 5) is 6.63. The molecule has 3 heteroatoms. The van der Waals surface area contributed by atoms with Gasteiger partial charge in [0.1, 0.15) is 11.9 Å². The molecule has 0 aliphatic carbocycles. The summed E-state index contributed by atoms with van der Waals surface area (Å²) in [5.74, 6) is 0.831. The summed E-state index contributed by atoms with van der Waals surface area (Å²) >= 11 is 0. The molecule has 0 saturated carbocycles. The summed E-state index contributed by atoms with van der Waals surface area (Å²) < 4.78 is 0. The van der Waals surface area contributed by atoms with Crippen LogP contribution in [0.1, 0.15) is 45.6 Å². The molecule has 1 heterocycles. The maximum absolute atomic E-state index is 9.13. The number of hydrogen-bond donors (Lipinski definition) is 0. The first-order chi connectivity index (χ1) is 8.24. The van der Waals surface area contributed by atoms with Gasteiger partial charge in [-0.3, -0.25) is 0 Å². The standard InChI is InChI=1S/C14H21N3/c1-4-6-10-17(12(3)5-2)14-13(11-15)8-7-9-16-14/h7-9,12H,4-6,10H2,1-3H3. The van der Waals surface area contributed by atoms with E-state index in [0.29, 0.717) is 11.6 Å². The molecule has 1 atom stereocenters. The average Bonchev–Trinajstić information content (AvgIpc) is 2.39. The molecule has 1 aromatic rings. The van der Waals surface area contributed by atoms with Crippen molar-refractivity contribution in [3.8, 4) is 6.07 Å². The van der Waals surface area contributed by atoms with Crippen LogP contribution in [-0.2, 0) is 0 Å². The maximum Gasteiger partial charge on any atom is 0.146 e. The van der Waals surface area contributed by atoms with E-state index in [9.17, 15) is 0 Å². The van der Waals surface area contributed by atoms with Crippen LogP contribution in [0.3, 0.4) is 0 Å². The Kier molecular flexibility index (Phi) is 5.48. The van der Waals surface area contributed by atoms with Gasteiger partial charge < -0.3 is 4.90 Å². The molecule has 1 aromatic heterocycles. The highest BCUT2D eigenvalue weighted by atomic mass is 15.2. The summed E-state index contributed by atoms with van der Waals surface area (Å²) in [7, 11) is 0. The predicted molar refractivity (Wildman–Crippen MR) is 71.0 cm³/mol. The van der Waals surface area contributed by atoms with Crippen molar-refractivity contribution < 1.29 is 0 Å². The Morgan fingerprint density at radius 1 is 1.47 bits per heavy atom. The molecular formula is C14H21N3. The smallest absolute Gasteiger partial charge is 0.146 e. The first kappa shape index (κ1) is 13.5. The topological polar surface area (TPSA) is 39.9 Å². The number of pyridine rings is 1. The van der Waals surface area contributed by atoms with Gasteiger partial charge in [0.15, 0.2) is 0 Å². The molecule has 17 heavy (non-hydrogen) atoms. The van der Waals surface area contributed by atoms with Crippen molar-refractivity contribution >= 4 is 5.82 Å². The number of nitrogens with zero attached hydrogens (tertiary/aromatic N) is 3. The first-order valence-corrected chi connectivity index (χ1v) is 6.36. The molecule has 0 bridgehead atoms. The third-order valence-corrected chi connectivity index (χ3v) is 3.05. The van der Waals surface area contributed by atoms with Crippen LogP contribution in [0.2, 0.25) is 0 Å². The molecule has 0 aliphatic rings. The number of nitriles is 1. The quantitative estimate of drug-likeness (QED) is 0.753. The number of anilines is 1. The second-order valence-corrected chi connectivity index (χ2v) is 4.29. The average molecular weight is 231 g/mol. The molecule has 0 spiro atoms. The highest BCUT2D eigenvalue weighted by Gasteiger charge is 2.16. The Morgan fingerprint density at radius 3 is 2.82 bits per heavy atom. The van der Waals surface area contributed by atoms with Gasteiger partial charge in [-0.2, -0.15) is 5.26 Å². The summed E-state index contributed by atoms with van der Waals surface area (Å²) in [6.45, 7) is 7.50. The largest absolute Gasteiger partial charge is 0.353 e. The molecule has 0 fully saturated rings. The van der Waals surface area contributed by atoms with Gasteiger partial charge in [-0.05, 0) is 31.9 Å². The molecule has 92 valence electrons. The lowest BCUT2D eigenvalue weighted by Crippen LogP contribution is -2.34. The van der Waals surface area contributed by atoms with Crippen LogP contribution in [0.15, 0.2) is 18.3 Å². The lowest BCUT2D eigenvalue weighted by atomic mass is 10.1. The van der Waals surface area contributed by atoms with Crippen LogP contribution >= 0.6 is 0 Å². The van der Waals surface area contributed by atoms with E-state index in [1.807, 2.05) is 12.1 Å². The zero-order valence-corrected chi connectivity index (χ0v) is 11.0. The third kappa shape index (κ3) is 3.45. The van der Waals surface area contributed by atoms with E-state index in [-0.39, 0.29) is 0 Å². The Bertz CT molecular complexity index is 381. The van der Waals surface area contributed by atoms with Gasteiger partial charge in [-0.15, -0.1) is 0 Å². The fraction of sp³-hybridized carbons (Fsp3) is 0.571. The van der Waals surface area contributed by atoms with E-state index >= 15 is 0 Å². The summed E-state index contributed by atoms with van der Waals surface area (Å²) in [5.41, 5.74) is 0.670. The van der Waals surface area contributed by atoms with E-state index in [2.05, 4.69) is 36.7 Å². The zero-order chi connectivity index (χ0) is 12.7. The van der Waals surface area contributed by atoms with E-state index in [4.69, 9.17) is 5.26 Å². The number of aromatic nitrogens is 1. The van der Waals surface area contributed by atoms with E-state index in [1.54, 1.807) is 6.20 Å². The molecule has 0 N–H and O–H groups in total. The van der Waals surface area contributed by atoms with Crippen molar-refractivity contribution in [2.45, 2.75) is 46.1 Å². The van der Waals surface area contributed by atoms with E-state index < -0.39 is 0 Å². The maximum atomic E-state index is 9.13. The van der Waals surface area contributed by atoms with Gasteiger partial charge in [0.05, 0.1) is 5.56 Å². The van der Waals surface area contributed by atoms with Crippen molar-refractivity contribution in [3.05, 3.63) is 23.9 Å². The summed E-state index contributed by atoms with van der Waals surface area (Å²) in [6.07, 6.45) is 5.11. The Hall–Kier alpha value is -1.56. The van der Waals surface area contributed by atoms with Crippen molar-refractivity contribution in [2.24, 2.45) is 0 Å².